The summed E-state index contributed by atoms with van der Waals surface area (Å²) >= 11 is 0. The van der Waals surface area contributed by atoms with Gasteiger partial charge in [-0.2, -0.15) is 0 Å². The van der Waals surface area contributed by atoms with Crippen molar-refractivity contribution in [2.24, 2.45) is 0 Å². The molecule has 1 unspecified atom stereocenters. The van der Waals surface area contributed by atoms with Crippen LogP contribution in [0, 0.1) is 0 Å². The third-order valence-corrected chi connectivity index (χ3v) is 1.89. The monoisotopic (exact) mass is 191 g/mol. The van der Waals surface area contributed by atoms with Gasteiger partial charge in [-0.1, -0.05) is 13.8 Å². The molecule has 0 aromatic carbocycles. The fraction of sp³-hybridized carbons (Fsp3) is 0.889. The first-order valence-corrected chi connectivity index (χ1v) is 4.70. The normalized spacial score (nSPS) is 13.2. The van der Waals surface area contributed by atoms with Gasteiger partial charge in [-0.15, -0.1) is 0 Å². The van der Waals surface area contributed by atoms with Gasteiger partial charge in [0.15, 0.2) is 0 Å². The van der Waals surface area contributed by atoms with Crippen LogP contribution in [0.3, 0.4) is 0 Å². The minimum absolute atomic E-state index is 0.648. The van der Waals surface area contributed by atoms with Gasteiger partial charge in [0.1, 0.15) is 12.7 Å². The van der Waals surface area contributed by atoms with Gasteiger partial charge < -0.3 is 5.11 Å². The van der Waals surface area contributed by atoms with E-state index in [0.29, 0.717) is 13.1 Å². The predicted octanol–water partition coefficient (Wildman–Crippen LogP) is 1.53. The standard InChI is InChI=1S/C9H18FNO2/c1-3-5-11(6-4-2)8(7-10)9(12)13/h8H,3-7H2,1-2H3,(H,12,13). The van der Waals surface area contributed by atoms with Gasteiger partial charge in [-0.05, 0) is 25.9 Å². The second-order valence-corrected chi connectivity index (χ2v) is 3.04. The molecule has 1 N–H and O–H groups in total. The van der Waals surface area contributed by atoms with Crippen LogP contribution < -0.4 is 0 Å². The van der Waals surface area contributed by atoms with Crippen LogP contribution in [0.5, 0.6) is 0 Å². The predicted molar refractivity (Wildman–Crippen MR) is 49.6 cm³/mol. The molecule has 0 heterocycles. The molecule has 0 amide bonds. The molecule has 0 aliphatic rings. The van der Waals surface area contributed by atoms with Gasteiger partial charge in [0, 0.05) is 0 Å². The maximum Gasteiger partial charge on any atom is 0.323 e. The van der Waals surface area contributed by atoms with Crippen molar-refractivity contribution in [1.29, 1.82) is 0 Å². The number of carboxylic acids is 1. The van der Waals surface area contributed by atoms with Crippen molar-refractivity contribution in [1.82, 2.24) is 4.90 Å². The summed E-state index contributed by atoms with van der Waals surface area (Å²) in [5.74, 6) is -1.07. The van der Waals surface area contributed by atoms with Crippen LogP contribution in [0.2, 0.25) is 0 Å². The molecule has 0 saturated carbocycles. The Morgan fingerprint density at radius 3 is 2.08 bits per heavy atom. The summed E-state index contributed by atoms with van der Waals surface area (Å²) in [7, 11) is 0. The van der Waals surface area contributed by atoms with E-state index in [-0.39, 0.29) is 0 Å². The lowest BCUT2D eigenvalue weighted by Gasteiger charge is -2.25. The highest BCUT2D eigenvalue weighted by Crippen LogP contribution is 2.03. The zero-order valence-electron chi connectivity index (χ0n) is 8.29. The third-order valence-electron chi connectivity index (χ3n) is 1.89. The Labute approximate surface area is 78.5 Å². The van der Waals surface area contributed by atoms with E-state index in [9.17, 15) is 9.18 Å². The lowest BCUT2D eigenvalue weighted by Crippen LogP contribution is -2.43. The van der Waals surface area contributed by atoms with E-state index in [4.69, 9.17) is 5.11 Å². The van der Waals surface area contributed by atoms with Crippen LogP contribution >= 0.6 is 0 Å². The maximum atomic E-state index is 12.4. The molecule has 0 aromatic heterocycles. The Balaban J connectivity index is 4.20. The average molecular weight is 191 g/mol. The van der Waals surface area contributed by atoms with Crippen LogP contribution in [0.4, 0.5) is 4.39 Å². The molecular weight excluding hydrogens is 173 g/mol. The van der Waals surface area contributed by atoms with Gasteiger partial charge in [-0.3, -0.25) is 9.69 Å². The van der Waals surface area contributed by atoms with Gasteiger partial charge in [0.05, 0.1) is 0 Å². The van der Waals surface area contributed by atoms with Crippen LogP contribution in [0.1, 0.15) is 26.7 Å². The SMILES string of the molecule is CCCN(CCC)C(CF)C(=O)O. The van der Waals surface area contributed by atoms with Gasteiger partial charge in [-0.25, -0.2) is 4.39 Å². The Morgan fingerprint density at radius 1 is 1.38 bits per heavy atom. The average Bonchev–Trinajstić information content (AvgIpc) is 2.05. The minimum atomic E-state index is -1.07. The van der Waals surface area contributed by atoms with Crippen molar-refractivity contribution in [2.45, 2.75) is 32.7 Å². The number of halogens is 1. The van der Waals surface area contributed by atoms with E-state index in [1.807, 2.05) is 13.8 Å². The number of rotatable bonds is 7. The number of carbonyl (C=O) groups is 1. The van der Waals surface area contributed by atoms with Crippen molar-refractivity contribution < 1.29 is 14.3 Å². The van der Waals surface area contributed by atoms with Crippen molar-refractivity contribution in [3.05, 3.63) is 0 Å². The number of nitrogens with zero attached hydrogens (tertiary/aromatic N) is 1. The number of alkyl halides is 1. The number of hydrogen-bond acceptors (Lipinski definition) is 2. The Bertz CT molecular complexity index is 147. The van der Waals surface area contributed by atoms with Crippen molar-refractivity contribution in [2.75, 3.05) is 19.8 Å². The van der Waals surface area contributed by atoms with Crippen molar-refractivity contribution in [3.8, 4) is 0 Å². The van der Waals surface area contributed by atoms with Gasteiger partial charge in [0.25, 0.3) is 0 Å². The van der Waals surface area contributed by atoms with Gasteiger partial charge in [0.2, 0.25) is 0 Å². The molecule has 0 fully saturated rings. The lowest BCUT2D eigenvalue weighted by atomic mass is 10.2. The summed E-state index contributed by atoms with van der Waals surface area (Å²) in [6, 6.07) is -0.958. The van der Waals surface area contributed by atoms with E-state index in [2.05, 4.69) is 0 Å². The molecule has 0 aromatic rings. The topological polar surface area (TPSA) is 40.5 Å². The lowest BCUT2D eigenvalue weighted by molar-refractivity contribution is -0.144. The first-order chi connectivity index (χ1) is 6.17. The number of aliphatic carboxylic acids is 1. The van der Waals surface area contributed by atoms with E-state index >= 15 is 0 Å². The second kappa shape index (κ2) is 6.83. The molecule has 1 atom stereocenters. The van der Waals surface area contributed by atoms with Crippen LogP contribution in [-0.4, -0.2) is 41.8 Å². The quantitative estimate of drug-likeness (QED) is 0.663. The summed E-state index contributed by atoms with van der Waals surface area (Å²) in [6.45, 7) is 4.40. The summed E-state index contributed by atoms with van der Waals surface area (Å²) in [5, 5.41) is 8.72. The molecular formula is C9H18FNO2. The molecule has 4 heteroatoms. The number of carboxylic acid groups (broad SMARTS) is 1. The Morgan fingerprint density at radius 2 is 1.85 bits per heavy atom. The third kappa shape index (κ3) is 4.22. The first kappa shape index (κ1) is 12.4. The van der Waals surface area contributed by atoms with Crippen molar-refractivity contribution in [3.63, 3.8) is 0 Å². The zero-order valence-corrected chi connectivity index (χ0v) is 8.29. The highest BCUT2D eigenvalue weighted by molar-refractivity contribution is 5.73. The van der Waals surface area contributed by atoms with E-state index in [0.717, 1.165) is 12.8 Å². The number of hydrogen-bond donors (Lipinski definition) is 1. The highest BCUT2D eigenvalue weighted by Gasteiger charge is 2.23. The minimum Gasteiger partial charge on any atom is -0.480 e. The molecule has 78 valence electrons. The van der Waals surface area contributed by atoms with E-state index in [1.165, 1.54) is 0 Å². The molecule has 0 radical (unpaired) electrons. The van der Waals surface area contributed by atoms with E-state index in [1.54, 1.807) is 4.90 Å². The highest BCUT2D eigenvalue weighted by atomic mass is 19.1. The van der Waals surface area contributed by atoms with Crippen LogP contribution in [-0.2, 0) is 4.79 Å². The summed E-state index contributed by atoms with van der Waals surface area (Å²) in [4.78, 5) is 12.3. The molecule has 0 rings (SSSR count). The maximum absolute atomic E-state index is 12.4. The Kier molecular flexibility index (Phi) is 6.49. The molecule has 0 spiro atoms. The Hall–Kier alpha value is -0.640. The smallest absolute Gasteiger partial charge is 0.323 e. The summed E-state index contributed by atoms with van der Waals surface area (Å²) in [6.07, 6.45) is 1.70. The first-order valence-electron chi connectivity index (χ1n) is 4.70. The molecule has 0 aliphatic heterocycles. The van der Waals surface area contributed by atoms with Crippen LogP contribution in [0.25, 0.3) is 0 Å². The molecule has 0 bridgehead atoms. The zero-order chi connectivity index (χ0) is 10.3. The summed E-state index contributed by atoms with van der Waals surface area (Å²) in [5.41, 5.74) is 0. The largest absolute Gasteiger partial charge is 0.480 e. The van der Waals surface area contributed by atoms with Crippen LogP contribution in [0.15, 0.2) is 0 Å². The second-order valence-electron chi connectivity index (χ2n) is 3.04. The molecule has 13 heavy (non-hydrogen) atoms. The fourth-order valence-corrected chi connectivity index (χ4v) is 1.32. The summed E-state index contributed by atoms with van der Waals surface area (Å²) < 4.78 is 12.4. The molecule has 3 nitrogen and oxygen atoms in total. The molecule has 0 saturated heterocycles. The van der Waals surface area contributed by atoms with E-state index < -0.39 is 18.7 Å². The molecule has 0 aliphatic carbocycles. The van der Waals surface area contributed by atoms with Crippen molar-refractivity contribution >= 4 is 5.97 Å². The van der Waals surface area contributed by atoms with Gasteiger partial charge >= 0.3 is 5.97 Å². The fourth-order valence-electron chi connectivity index (χ4n) is 1.32.